The number of nitrogens with two attached hydrogens (primary N) is 1. The highest BCUT2D eigenvalue weighted by atomic mass is 15.1. The summed E-state index contributed by atoms with van der Waals surface area (Å²) in [6.07, 6.45) is 3.91. The predicted octanol–water partition coefficient (Wildman–Crippen LogP) is 3.08. The van der Waals surface area contributed by atoms with Crippen molar-refractivity contribution in [3.63, 3.8) is 0 Å². The minimum Gasteiger partial charge on any atom is -0.399 e. The molecule has 2 atom stereocenters. The van der Waals surface area contributed by atoms with Crippen LogP contribution in [0, 0.1) is 5.92 Å². The van der Waals surface area contributed by atoms with Gasteiger partial charge in [0.2, 0.25) is 0 Å². The first-order valence-electron chi connectivity index (χ1n) is 6.51. The van der Waals surface area contributed by atoms with Gasteiger partial charge < -0.3 is 10.3 Å². The molecular formula is C14H17N3. The number of imidazole rings is 1. The van der Waals surface area contributed by atoms with Crippen LogP contribution in [0.5, 0.6) is 0 Å². The molecule has 2 saturated carbocycles. The molecule has 1 aromatic carbocycles. The lowest BCUT2D eigenvalue weighted by Gasteiger charge is -2.07. The third-order valence-corrected chi connectivity index (χ3v) is 4.08. The number of aromatic nitrogens is 2. The Morgan fingerprint density at radius 1 is 1.35 bits per heavy atom. The van der Waals surface area contributed by atoms with Gasteiger partial charge in [-0.2, -0.15) is 0 Å². The monoisotopic (exact) mass is 227 g/mol. The third-order valence-electron chi connectivity index (χ3n) is 4.08. The minimum atomic E-state index is 0.680. The fourth-order valence-corrected chi connectivity index (χ4v) is 2.77. The van der Waals surface area contributed by atoms with Crippen molar-refractivity contribution in [3.8, 4) is 0 Å². The van der Waals surface area contributed by atoms with Gasteiger partial charge in [0, 0.05) is 17.6 Å². The van der Waals surface area contributed by atoms with E-state index in [-0.39, 0.29) is 0 Å². The molecule has 1 aromatic heterocycles. The number of hydrogen-bond acceptors (Lipinski definition) is 2. The fourth-order valence-electron chi connectivity index (χ4n) is 2.77. The number of benzene rings is 1. The first kappa shape index (κ1) is 9.51. The van der Waals surface area contributed by atoms with Crippen LogP contribution in [-0.4, -0.2) is 9.55 Å². The SMILES string of the molecule is CC1CC1n1c(C2CC2)nc2cc(N)ccc21. The standard InChI is InChI=1S/C14H17N3/c1-8-6-13(8)17-12-5-4-10(15)7-11(12)16-14(17)9-2-3-9/h4-5,7-9,13H,2-3,6,15H2,1H3. The summed E-state index contributed by atoms with van der Waals surface area (Å²) in [6.45, 7) is 2.32. The van der Waals surface area contributed by atoms with E-state index in [1.54, 1.807) is 0 Å². The summed E-state index contributed by atoms with van der Waals surface area (Å²) in [6, 6.07) is 6.81. The molecule has 3 nitrogen and oxygen atoms in total. The Morgan fingerprint density at radius 3 is 2.76 bits per heavy atom. The molecule has 0 amide bonds. The molecule has 2 unspecified atom stereocenters. The molecular weight excluding hydrogens is 210 g/mol. The molecule has 0 spiro atoms. The Morgan fingerprint density at radius 2 is 2.12 bits per heavy atom. The van der Waals surface area contributed by atoms with E-state index in [0.29, 0.717) is 12.0 Å². The number of nitrogen functional groups attached to an aromatic ring is 1. The highest BCUT2D eigenvalue weighted by Crippen LogP contribution is 2.49. The highest BCUT2D eigenvalue weighted by Gasteiger charge is 2.40. The maximum absolute atomic E-state index is 5.84. The van der Waals surface area contributed by atoms with Crippen LogP contribution in [0.4, 0.5) is 5.69 Å². The number of hydrogen-bond donors (Lipinski definition) is 1. The zero-order chi connectivity index (χ0) is 11.6. The topological polar surface area (TPSA) is 43.8 Å². The normalized spacial score (nSPS) is 27.6. The van der Waals surface area contributed by atoms with Gasteiger partial charge in [0.25, 0.3) is 0 Å². The van der Waals surface area contributed by atoms with Gasteiger partial charge in [0.1, 0.15) is 5.82 Å². The Kier molecular flexibility index (Phi) is 1.70. The summed E-state index contributed by atoms with van der Waals surface area (Å²) >= 11 is 0. The zero-order valence-corrected chi connectivity index (χ0v) is 10.1. The number of fused-ring (bicyclic) bond motifs is 1. The second-order valence-electron chi connectivity index (χ2n) is 5.64. The summed E-state index contributed by atoms with van der Waals surface area (Å²) in [5.41, 5.74) is 9.01. The summed E-state index contributed by atoms with van der Waals surface area (Å²) in [5.74, 6) is 2.82. The van der Waals surface area contributed by atoms with Crippen LogP contribution in [0.15, 0.2) is 18.2 Å². The average molecular weight is 227 g/mol. The summed E-state index contributed by atoms with van der Waals surface area (Å²) in [7, 11) is 0. The van der Waals surface area contributed by atoms with E-state index in [4.69, 9.17) is 10.7 Å². The molecule has 88 valence electrons. The number of nitrogens with zero attached hydrogens (tertiary/aromatic N) is 2. The molecule has 3 heteroatoms. The van der Waals surface area contributed by atoms with Crippen LogP contribution in [0.3, 0.4) is 0 Å². The molecule has 0 saturated heterocycles. The molecule has 2 N–H and O–H groups in total. The highest BCUT2D eigenvalue weighted by molar-refractivity contribution is 5.80. The molecule has 17 heavy (non-hydrogen) atoms. The molecule has 0 radical (unpaired) electrons. The minimum absolute atomic E-state index is 0.680. The lowest BCUT2D eigenvalue weighted by molar-refractivity contribution is 0.661. The maximum atomic E-state index is 5.84. The van der Waals surface area contributed by atoms with Crippen LogP contribution in [0.25, 0.3) is 11.0 Å². The Labute approximate surface area is 101 Å². The van der Waals surface area contributed by atoms with Crippen molar-refractivity contribution in [1.29, 1.82) is 0 Å². The van der Waals surface area contributed by atoms with Crippen molar-refractivity contribution >= 4 is 16.7 Å². The van der Waals surface area contributed by atoms with E-state index in [2.05, 4.69) is 17.6 Å². The second-order valence-corrected chi connectivity index (χ2v) is 5.64. The van der Waals surface area contributed by atoms with Crippen molar-refractivity contribution in [2.75, 3.05) is 5.73 Å². The Balaban J connectivity index is 1.96. The van der Waals surface area contributed by atoms with Gasteiger partial charge in [-0.1, -0.05) is 6.92 Å². The molecule has 0 bridgehead atoms. The van der Waals surface area contributed by atoms with E-state index in [0.717, 1.165) is 17.1 Å². The lowest BCUT2D eigenvalue weighted by atomic mass is 10.3. The van der Waals surface area contributed by atoms with E-state index < -0.39 is 0 Å². The van der Waals surface area contributed by atoms with Crippen molar-refractivity contribution in [3.05, 3.63) is 24.0 Å². The molecule has 1 heterocycles. The molecule has 4 rings (SSSR count). The van der Waals surface area contributed by atoms with Gasteiger partial charge in [-0.15, -0.1) is 0 Å². The van der Waals surface area contributed by atoms with Crippen LogP contribution < -0.4 is 5.73 Å². The van der Waals surface area contributed by atoms with Crippen molar-refractivity contribution in [2.45, 2.75) is 38.1 Å². The van der Waals surface area contributed by atoms with Crippen LogP contribution in [-0.2, 0) is 0 Å². The van der Waals surface area contributed by atoms with Crippen LogP contribution in [0.2, 0.25) is 0 Å². The van der Waals surface area contributed by atoms with E-state index in [1.165, 1.54) is 30.6 Å². The molecule has 2 aromatic rings. The molecule has 2 fully saturated rings. The smallest absolute Gasteiger partial charge is 0.113 e. The first-order valence-corrected chi connectivity index (χ1v) is 6.51. The predicted molar refractivity (Wildman–Crippen MR) is 68.9 cm³/mol. The lowest BCUT2D eigenvalue weighted by Crippen LogP contribution is -2.01. The summed E-state index contributed by atoms with van der Waals surface area (Å²) in [5, 5.41) is 0. The molecule has 2 aliphatic rings. The van der Waals surface area contributed by atoms with Gasteiger partial charge >= 0.3 is 0 Å². The number of rotatable bonds is 2. The summed E-state index contributed by atoms with van der Waals surface area (Å²) < 4.78 is 2.48. The Bertz CT molecular complexity index is 595. The van der Waals surface area contributed by atoms with Gasteiger partial charge in [-0.3, -0.25) is 0 Å². The van der Waals surface area contributed by atoms with Crippen molar-refractivity contribution in [1.82, 2.24) is 9.55 Å². The first-order chi connectivity index (χ1) is 8.24. The van der Waals surface area contributed by atoms with E-state index in [1.807, 2.05) is 12.1 Å². The zero-order valence-electron chi connectivity index (χ0n) is 10.1. The van der Waals surface area contributed by atoms with Crippen molar-refractivity contribution in [2.24, 2.45) is 5.92 Å². The van der Waals surface area contributed by atoms with E-state index >= 15 is 0 Å². The van der Waals surface area contributed by atoms with Gasteiger partial charge in [-0.25, -0.2) is 4.98 Å². The van der Waals surface area contributed by atoms with Crippen molar-refractivity contribution < 1.29 is 0 Å². The van der Waals surface area contributed by atoms with E-state index in [9.17, 15) is 0 Å². The largest absolute Gasteiger partial charge is 0.399 e. The molecule has 0 aliphatic heterocycles. The quantitative estimate of drug-likeness (QED) is 0.801. The Hall–Kier alpha value is -1.51. The summed E-state index contributed by atoms with van der Waals surface area (Å²) in [4.78, 5) is 4.81. The van der Waals surface area contributed by atoms with Crippen LogP contribution >= 0.6 is 0 Å². The fraction of sp³-hybridized carbons (Fsp3) is 0.500. The van der Waals surface area contributed by atoms with Gasteiger partial charge in [0.15, 0.2) is 0 Å². The molecule has 2 aliphatic carbocycles. The van der Waals surface area contributed by atoms with Crippen LogP contribution in [0.1, 0.15) is 44.0 Å². The van der Waals surface area contributed by atoms with Gasteiger partial charge in [0.05, 0.1) is 11.0 Å². The number of anilines is 1. The maximum Gasteiger partial charge on any atom is 0.113 e. The second kappa shape index (κ2) is 3.03. The van der Waals surface area contributed by atoms with Gasteiger partial charge in [-0.05, 0) is 43.4 Å². The average Bonchev–Trinajstić information content (AvgIpc) is 3.20. The third kappa shape index (κ3) is 1.38.